The number of aromatic nitrogens is 2. The Morgan fingerprint density at radius 3 is 2.55 bits per heavy atom. The predicted molar refractivity (Wildman–Crippen MR) is 111 cm³/mol. The van der Waals surface area contributed by atoms with Crippen LogP contribution >= 0.6 is 0 Å². The average molecular weight is 397 g/mol. The van der Waals surface area contributed by atoms with Crippen molar-refractivity contribution in [3.05, 3.63) is 40.7 Å². The molecule has 154 valence electrons. The maximum Gasteiger partial charge on any atom is 0.226 e. The SMILES string of the molecule is COc1ccc([C@@H]2CC(=O)c3c(C)nc(N4CC[NH+](C)CC4)nc3C2)c(OC)c1. The summed E-state index contributed by atoms with van der Waals surface area (Å²) in [6.45, 7) is 5.95. The summed E-state index contributed by atoms with van der Waals surface area (Å²) >= 11 is 0. The van der Waals surface area contributed by atoms with Crippen molar-refractivity contribution in [2.45, 2.75) is 25.7 Å². The van der Waals surface area contributed by atoms with Gasteiger partial charge in [0.1, 0.15) is 11.5 Å². The number of piperazine rings is 1. The summed E-state index contributed by atoms with van der Waals surface area (Å²) in [5, 5.41) is 0. The van der Waals surface area contributed by atoms with E-state index in [1.807, 2.05) is 25.1 Å². The first kappa shape index (κ1) is 19.6. The Kier molecular flexibility index (Phi) is 5.41. The molecule has 7 nitrogen and oxygen atoms in total. The summed E-state index contributed by atoms with van der Waals surface area (Å²) < 4.78 is 10.9. The second-order valence-electron chi connectivity index (χ2n) is 8.01. The van der Waals surface area contributed by atoms with Crippen LogP contribution in [0, 0.1) is 6.92 Å². The van der Waals surface area contributed by atoms with Gasteiger partial charge in [0, 0.05) is 18.4 Å². The van der Waals surface area contributed by atoms with Gasteiger partial charge in [-0.1, -0.05) is 6.07 Å². The lowest BCUT2D eigenvalue weighted by atomic mass is 9.81. The first-order valence-corrected chi connectivity index (χ1v) is 10.2. The number of likely N-dealkylation sites (N-methyl/N-ethyl adjacent to an activating group) is 1. The molecule has 0 spiro atoms. The fourth-order valence-electron chi connectivity index (χ4n) is 4.36. The number of quaternary nitrogens is 1. The molecule has 1 atom stereocenters. The van der Waals surface area contributed by atoms with Crippen molar-refractivity contribution < 1.29 is 19.2 Å². The number of methoxy groups -OCH3 is 2. The van der Waals surface area contributed by atoms with Crippen molar-refractivity contribution in [3.63, 3.8) is 0 Å². The minimum absolute atomic E-state index is 0.0370. The molecule has 0 saturated carbocycles. The summed E-state index contributed by atoms with van der Waals surface area (Å²) in [6.07, 6.45) is 1.15. The van der Waals surface area contributed by atoms with E-state index < -0.39 is 0 Å². The second-order valence-corrected chi connectivity index (χ2v) is 8.01. The molecule has 2 heterocycles. The van der Waals surface area contributed by atoms with E-state index in [1.54, 1.807) is 14.2 Å². The van der Waals surface area contributed by atoms with Gasteiger partial charge < -0.3 is 19.3 Å². The van der Waals surface area contributed by atoms with Crippen molar-refractivity contribution in [1.29, 1.82) is 0 Å². The number of rotatable bonds is 4. The Balaban J connectivity index is 1.67. The van der Waals surface area contributed by atoms with Crippen LogP contribution in [-0.4, -0.2) is 63.2 Å². The van der Waals surface area contributed by atoms with E-state index in [9.17, 15) is 4.79 Å². The number of fused-ring (bicyclic) bond motifs is 1. The van der Waals surface area contributed by atoms with Gasteiger partial charge in [-0.25, -0.2) is 9.97 Å². The van der Waals surface area contributed by atoms with E-state index in [1.165, 1.54) is 4.90 Å². The number of hydrogen-bond donors (Lipinski definition) is 1. The Morgan fingerprint density at radius 1 is 1.10 bits per heavy atom. The number of nitrogens with zero attached hydrogens (tertiary/aromatic N) is 3. The maximum absolute atomic E-state index is 13.0. The third kappa shape index (κ3) is 3.79. The number of aryl methyl sites for hydroxylation is 1. The number of anilines is 1. The summed E-state index contributed by atoms with van der Waals surface area (Å²) in [6, 6.07) is 5.79. The fraction of sp³-hybridized carbons (Fsp3) is 0.500. The van der Waals surface area contributed by atoms with E-state index >= 15 is 0 Å². The number of ketones is 1. The molecule has 1 saturated heterocycles. The average Bonchev–Trinajstić information content (AvgIpc) is 2.73. The first-order chi connectivity index (χ1) is 14.0. The number of ether oxygens (including phenoxy) is 2. The Bertz CT molecular complexity index is 923. The molecule has 1 aromatic heterocycles. The normalized spacial score (nSPS) is 19.8. The van der Waals surface area contributed by atoms with Gasteiger partial charge in [-0.2, -0.15) is 0 Å². The summed E-state index contributed by atoms with van der Waals surface area (Å²) in [5.41, 5.74) is 3.38. The maximum atomic E-state index is 13.0. The molecular weight excluding hydrogens is 368 g/mol. The third-order valence-corrected chi connectivity index (χ3v) is 6.08. The van der Waals surface area contributed by atoms with Crippen LogP contribution in [0.25, 0.3) is 0 Å². The van der Waals surface area contributed by atoms with Crippen molar-refractivity contribution in [1.82, 2.24) is 9.97 Å². The number of Topliss-reactive ketones (excluding diaryl/α,β-unsaturated/α-hetero) is 1. The Labute approximate surface area is 171 Å². The van der Waals surface area contributed by atoms with E-state index in [0.29, 0.717) is 18.4 Å². The van der Waals surface area contributed by atoms with Crippen molar-refractivity contribution in [3.8, 4) is 11.5 Å². The monoisotopic (exact) mass is 397 g/mol. The van der Waals surface area contributed by atoms with Crippen LogP contribution in [-0.2, 0) is 6.42 Å². The molecule has 1 fully saturated rings. The smallest absolute Gasteiger partial charge is 0.226 e. The van der Waals surface area contributed by atoms with Gasteiger partial charge in [0.05, 0.1) is 64.4 Å². The zero-order valence-corrected chi connectivity index (χ0v) is 17.6. The fourth-order valence-corrected chi connectivity index (χ4v) is 4.36. The van der Waals surface area contributed by atoms with Gasteiger partial charge in [0.25, 0.3) is 0 Å². The highest BCUT2D eigenvalue weighted by molar-refractivity contribution is 5.99. The van der Waals surface area contributed by atoms with Crippen molar-refractivity contribution >= 4 is 11.7 Å². The van der Waals surface area contributed by atoms with Gasteiger partial charge in [-0.15, -0.1) is 0 Å². The number of carbonyl (C=O) groups is 1. The van der Waals surface area contributed by atoms with Crippen LogP contribution in [0.3, 0.4) is 0 Å². The summed E-state index contributed by atoms with van der Waals surface area (Å²) in [5.74, 6) is 2.39. The van der Waals surface area contributed by atoms with Crippen molar-refractivity contribution in [2.75, 3.05) is 52.3 Å². The molecule has 2 aliphatic rings. The number of nitrogens with one attached hydrogen (secondary N) is 1. The van der Waals surface area contributed by atoms with Gasteiger partial charge in [-0.3, -0.25) is 4.79 Å². The molecule has 1 aliphatic heterocycles. The van der Waals surface area contributed by atoms with Crippen LogP contribution in [0.2, 0.25) is 0 Å². The van der Waals surface area contributed by atoms with E-state index in [0.717, 1.165) is 60.6 Å². The topological polar surface area (TPSA) is 69.0 Å². The van der Waals surface area contributed by atoms with Crippen LogP contribution in [0.5, 0.6) is 11.5 Å². The molecule has 2 aromatic rings. The highest BCUT2D eigenvalue weighted by Gasteiger charge is 2.32. The Hall–Kier alpha value is -2.67. The molecule has 1 aromatic carbocycles. The second kappa shape index (κ2) is 7.99. The number of benzene rings is 1. The van der Waals surface area contributed by atoms with E-state index in [4.69, 9.17) is 14.5 Å². The standard InChI is InChI=1S/C22H28N4O3/c1-14-21-18(24-22(23-14)26-9-7-25(2)8-10-26)11-15(12-19(21)27)17-6-5-16(28-3)13-20(17)29-4/h5-6,13,15H,7-12H2,1-4H3/p+1/t15-/m0/s1. The van der Waals surface area contributed by atoms with E-state index in [-0.39, 0.29) is 11.7 Å². The van der Waals surface area contributed by atoms with Crippen LogP contribution < -0.4 is 19.3 Å². The van der Waals surface area contributed by atoms with Gasteiger partial charge in [-0.05, 0) is 25.0 Å². The zero-order chi connectivity index (χ0) is 20.5. The highest BCUT2D eigenvalue weighted by Crippen LogP contribution is 2.39. The summed E-state index contributed by atoms with van der Waals surface area (Å²) in [4.78, 5) is 26.3. The van der Waals surface area contributed by atoms with E-state index in [2.05, 4.69) is 16.9 Å². The minimum atomic E-state index is 0.0370. The molecule has 1 N–H and O–H groups in total. The Morgan fingerprint density at radius 2 is 1.86 bits per heavy atom. The molecule has 29 heavy (non-hydrogen) atoms. The van der Waals surface area contributed by atoms with Crippen LogP contribution in [0.4, 0.5) is 5.95 Å². The van der Waals surface area contributed by atoms with Gasteiger partial charge >= 0.3 is 0 Å². The highest BCUT2D eigenvalue weighted by atomic mass is 16.5. The molecule has 1 aliphatic carbocycles. The molecule has 0 bridgehead atoms. The predicted octanol–water partition coefficient (Wildman–Crippen LogP) is 1.05. The van der Waals surface area contributed by atoms with Gasteiger partial charge in [0.2, 0.25) is 5.95 Å². The lowest BCUT2D eigenvalue weighted by Crippen LogP contribution is -3.12. The third-order valence-electron chi connectivity index (χ3n) is 6.08. The minimum Gasteiger partial charge on any atom is -0.497 e. The first-order valence-electron chi connectivity index (χ1n) is 10.2. The summed E-state index contributed by atoms with van der Waals surface area (Å²) in [7, 11) is 5.49. The van der Waals surface area contributed by atoms with Crippen LogP contribution in [0.1, 0.15) is 39.6 Å². The van der Waals surface area contributed by atoms with Crippen LogP contribution in [0.15, 0.2) is 18.2 Å². The quantitative estimate of drug-likeness (QED) is 0.832. The molecule has 7 heteroatoms. The number of carbonyl (C=O) groups excluding carboxylic acids is 1. The van der Waals surface area contributed by atoms with Gasteiger partial charge in [0.15, 0.2) is 5.78 Å². The lowest BCUT2D eigenvalue weighted by molar-refractivity contribution is -0.880. The van der Waals surface area contributed by atoms with Crippen molar-refractivity contribution in [2.24, 2.45) is 0 Å². The molecule has 4 rings (SSSR count). The molecule has 0 radical (unpaired) electrons. The zero-order valence-electron chi connectivity index (χ0n) is 17.6. The molecule has 0 amide bonds. The number of hydrogen-bond acceptors (Lipinski definition) is 6. The molecular formula is C22H29N4O3+. The lowest BCUT2D eigenvalue weighted by Gasteiger charge is -2.31. The largest absolute Gasteiger partial charge is 0.497 e. The molecule has 0 unspecified atom stereocenters.